The molecule has 0 atom stereocenters. The fourth-order valence-corrected chi connectivity index (χ4v) is 2.56. The van der Waals surface area contributed by atoms with Crippen molar-refractivity contribution in [1.82, 2.24) is 10.3 Å². The van der Waals surface area contributed by atoms with Crippen molar-refractivity contribution in [3.8, 4) is 0 Å². The van der Waals surface area contributed by atoms with Gasteiger partial charge in [-0.2, -0.15) is 0 Å². The van der Waals surface area contributed by atoms with Crippen molar-refractivity contribution in [2.45, 2.75) is 4.90 Å². The third-order valence-corrected chi connectivity index (χ3v) is 4.32. The van der Waals surface area contributed by atoms with E-state index in [4.69, 9.17) is 0 Å². The number of benzene rings is 2. The predicted octanol–water partition coefficient (Wildman–Crippen LogP) is 2.21. The minimum atomic E-state index is -3.95. The fourth-order valence-electron chi connectivity index (χ4n) is 1.46. The van der Waals surface area contributed by atoms with E-state index in [9.17, 15) is 17.6 Å². The van der Waals surface area contributed by atoms with E-state index in [2.05, 4.69) is 21.4 Å². The molecule has 0 saturated heterocycles. The van der Waals surface area contributed by atoms with Gasteiger partial charge in [0.25, 0.3) is 15.9 Å². The van der Waals surface area contributed by atoms with Crippen molar-refractivity contribution in [2.75, 3.05) is 0 Å². The van der Waals surface area contributed by atoms with E-state index in [1.54, 1.807) is 12.1 Å². The maximum Gasteiger partial charge on any atom is 0.266 e. The molecule has 1 amide bonds. The Kier molecular flexibility index (Phi) is 4.71. The molecule has 2 N–H and O–H groups in total. The largest absolute Gasteiger partial charge is 0.273 e. The van der Waals surface area contributed by atoms with Crippen LogP contribution < -0.4 is 10.3 Å². The molecule has 110 valence electrons. The third kappa shape index (κ3) is 4.10. The van der Waals surface area contributed by atoms with Crippen molar-refractivity contribution in [3.05, 3.63) is 64.4 Å². The fraction of sp³-hybridized carbons (Fsp3) is 0. The van der Waals surface area contributed by atoms with Crippen LogP contribution in [0, 0.1) is 5.82 Å². The summed E-state index contributed by atoms with van der Waals surface area (Å²) in [4.78, 5) is 13.6. The van der Waals surface area contributed by atoms with E-state index < -0.39 is 21.7 Å². The summed E-state index contributed by atoms with van der Waals surface area (Å²) < 4.78 is 37.3. The number of hydrogen-bond acceptors (Lipinski definition) is 3. The number of halogens is 2. The van der Waals surface area contributed by atoms with Crippen LogP contribution in [0.15, 0.2) is 57.9 Å². The minimum Gasteiger partial charge on any atom is -0.273 e. The summed E-state index contributed by atoms with van der Waals surface area (Å²) in [5, 5.41) is 0. The Morgan fingerprint density at radius 2 is 1.57 bits per heavy atom. The summed E-state index contributed by atoms with van der Waals surface area (Å²) in [7, 11) is -3.95. The highest BCUT2D eigenvalue weighted by Gasteiger charge is 2.15. The summed E-state index contributed by atoms with van der Waals surface area (Å²) >= 11 is 3.23. The highest BCUT2D eigenvalue weighted by atomic mass is 79.9. The minimum absolute atomic E-state index is 0.153. The lowest BCUT2D eigenvalue weighted by Crippen LogP contribution is -2.41. The van der Waals surface area contributed by atoms with Gasteiger partial charge in [-0.15, -0.1) is 4.83 Å². The molecule has 0 spiro atoms. The Morgan fingerprint density at radius 1 is 1.00 bits per heavy atom. The molecular formula is C13H10BrFN2O3S. The van der Waals surface area contributed by atoms with E-state index in [-0.39, 0.29) is 4.90 Å². The molecule has 21 heavy (non-hydrogen) atoms. The van der Waals surface area contributed by atoms with Gasteiger partial charge in [0.05, 0.1) is 4.90 Å². The van der Waals surface area contributed by atoms with Crippen LogP contribution in [0.3, 0.4) is 0 Å². The van der Waals surface area contributed by atoms with Gasteiger partial charge in [0, 0.05) is 10.0 Å². The summed E-state index contributed by atoms with van der Waals surface area (Å²) in [6.07, 6.45) is 0. The van der Waals surface area contributed by atoms with Crippen molar-refractivity contribution in [2.24, 2.45) is 0 Å². The molecule has 5 nitrogen and oxygen atoms in total. The van der Waals surface area contributed by atoms with Gasteiger partial charge in [-0.05, 0) is 48.5 Å². The van der Waals surface area contributed by atoms with Crippen LogP contribution in [0.25, 0.3) is 0 Å². The molecule has 0 aliphatic rings. The van der Waals surface area contributed by atoms with E-state index >= 15 is 0 Å². The molecule has 0 aliphatic carbocycles. The van der Waals surface area contributed by atoms with Gasteiger partial charge in [0.15, 0.2) is 0 Å². The normalized spacial score (nSPS) is 11.1. The number of nitrogens with one attached hydrogen (secondary N) is 2. The lowest BCUT2D eigenvalue weighted by Gasteiger charge is -2.08. The zero-order chi connectivity index (χ0) is 15.5. The molecule has 2 rings (SSSR count). The maximum atomic E-state index is 12.8. The molecular weight excluding hydrogens is 363 g/mol. The monoisotopic (exact) mass is 372 g/mol. The first-order chi connectivity index (χ1) is 9.88. The molecule has 8 heteroatoms. The number of carbonyl (C=O) groups is 1. The maximum absolute atomic E-state index is 12.8. The van der Waals surface area contributed by atoms with E-state index in [1.165, 1.54) is 12.1 Å². The number of carbonyl (C=O) groups excluding carboxylic acids is 1. The van der Waals surface area contributed by atoms with Gasteiger partial charge >= 0.3 is 0 Å². The Balaban J connectivity index is 2.06. The molecule has 0 unspecified atom stereocenters. The summed E-state index contributed by atoms with van der Waals surface area (Å²) in [5.41, 5.74) is 2.38. The molecule has 0 aliphatic heterocycles. The van der Waals surface area contributed by atoms with Crippen molar-refractivity contribution >= 4 is 31.9 Å². The highest BCUT2D eigenvalue weighted by Crippen LogP contribution is 2.11. The quantitative estimate of drug-likeness (QED) is 0.807. The van der Waals surface area contributed by atoms with Crippen LogP contribution in [-0.2, 0) is 10.0 Å². The zero-order valence-electron chi connectivity index (χ0n) is 10.5. The average Bonchev–Trinajstić information content (AvgIpc) is 2.46. The second-order valence-corrected chi connectivity index (χ2v) is 6.62. The Bertz CT molecular complexity index is 746. The standard InChI is InChI=1S/C13H10BrFN2O3S/c14-10-3-1-9(2-4-10)13(18)16-17-21(19,20)12-7-5-11(15)6-8-12/h1-8,17H,(H,16,18). The van der Waals surface area contributed by atoms with Gasteiger partial charge in [0.2, 0.25) is 0 Å². The zero-order valence-corrected chi connectivity index (χ0v) is 12.9. The smallest absolute Gasteiger partial charge is 0.266 e. The summed E-state index contributed by atoms with van der Waals surface area (Å²) in [6, 6.07) is 10.6. The Morgan fingerprint density at radius 3 is 2.14 bits per heavy atom. The lowest BCUT2D eigenvalue weighted by molar-refractivity contribution is 0.0945. The van der Waals surface area contributed by atoms with Crippen LogP contribution in [0.4, 0.5) is 4.39 Å². The summed E-state index contributed by atoms with van der Waals surface area (Å²) in [6.45, 7) is 0. The molecule has 0 bridgehead atoms. The molecule has 0 saturated carbocycles. The number of sulfonamides is 1. The Labute approximate surface area is 129 Å². The van der Waals surface area contributed by atoms with Gasteiger partial charge in [-0.3, -0.25) is 10.2 Å². The average molecular weight is 373 g/mol. The van der Waals surface area contributed by atoms with Crippen LogP contribution in [0.2, 0.25) is 0 Å². The number of rotatable bonds is 4. The van der Waals surface area contributed by atoms with Crippen LogP contribution in [-0.4, -0.2) is 14.3 Å². The molecule has 0 aromatic heterocycles. The molecule has 0 radical (unpaired) electrons. The SMILES string of the molecule is O=C(NNS(=O)(=O)c1ccc(F)cc1)c1ccc(Br)cc1. The number of hydrazine groups is 1. The highest BCUT2D eigenvalue weighted by molar-refractivity contribution is 9.10. The Hall–Kier alpha value is -1.77. The first-order valence-electron chi connectivity index (χ1n) is 5.72. The second kappa shape index (κ2) is 6.33. The first kappa shape index (κ1) is 15.6. The third-order valence-electron chi connectivity index (χ3n) is 2.53. The van der Waals surface area contributed by atoms with Gasteiger partial charge < -0.3 is 0 Å². The molecule has 2 aromatic rings. The van der Waals surface area contributed by atoms with E-state index in [0.717, 1.165) is 28.7 Å². The van der Waals surface area contributed by atoms with Gasteiger partial charge in [-0.1, -0.05) is 15.9 Å². The second-order valence-electron chi connectivity index (χ2n) is 4.02. The molecule has 0 fully saturated rings. The number of amides is 1. The molecule has 0 heterocycles. The molecule has 2 aromatic carbocycles. The summed E-state index contributed by atoms with van der Waals surface area (Å²) in [5.74, 6) is -1.15. The first-order valence-corrected chi connectivity index (χ1v) is 7.99. The van der Waals surface area contributed by atoms with Crippen LogP contribution >= 0.6 is 15.9 Å². The van der Waals surface area contributed by atoms with Crippen molar-refractivity contribution in [3.63, 3.8) is 0 Å². The van der Waals surface area contributed by atoms with Gasteiger partial charge in [0.1, 0.15) is 5.82 Å². The number of hydrogen-bond donors (Lipinski definition) is 2. The van der Waals surface area contributed by atoms with Crippen molar-refractivity contribution < 1.29 is 17.6 Å². The van der Waals surface area contributed by atoms with E-state index in [1.807, 2.05) is 4.83 Å². The van der Waals surface area contributed by atoms with E-state index in [0.29, 0.717) is 5.56 Å². The topological polar surface area (TPSA) is 75.3 Å². The van der Waals surface area contributed by atoms with Crippen LogP contribution in [0.1, 0.15) is 10.4 Å². The van der Waals surface area contributed by atoms with Crippen LogP contribution in [0.5, 0.6) is 0 Å². The van der Waals surface area contributed by atoms with Crippen molar-refractivity contribution in [1.29, 1.82) is 0 Å². The predicted molar refractivity (Wildman–Crippen MR) is 78.3 cm³/mol. The van der Waals surface area contributed by atoms with Gasteiger partial charge in [-0.25, -0.2) is 12.8 Å². The lowest BCUT2D eigenvalue weighted by atomic mass is 10.2.